The molecule has 0 radical (unpaired) electrons. The van der Waals surface area contributed by atoms with Crippen molar-refractivity contribution in [1.29, 1.82) is 0 Å². The number of aromatic nitrogens is 2. The van der Waals surface area contributed by atoms with Crippen LogP contribution < -0.4 is 5.32 Å². The molecular formula is C18H22N4O2. The average Bonchev–Trinajstić information content (AvgIpc) is 3.04. The Balaban J connectivity index is 1.64. The Hall–Kier alpha value is -2.63. The molecule has 1 aliphatic rings. The first kappa shape index (κ1) is 16.2. The Morgan fingerprint density at radius 3 is 2.71 bits per heavy atom. The van der Waals surface area contributed by atoms with Gasteiger partial charge in [-0.2, -0.15) is 5.10 Å². The summed E-state index contributed by atoms with van der Waals surface area (Å²) in [6.07, 6.45) is 7.04. The van der Waals surface area contributed by atoms with Gasteiger partial charge in [-0.25, -0.2) is 4.68 Å². The van der Waals surface area contributed by atoms with Crippen molar-refractivity contribution in [3.63, 3.8) is 0 Å². The number of nitrogens with one attached hydrogen (secondary N) is 1. The first-order chi connectivity index (χ1) is 11.6. The lowest BCUT2D eigenvalue weighted by molar-refractivity contribution is -0.137. The van der Waals surface area contributed by atoms with Crippen molar-refractivity contribution >= 4 is 17.5 Å². The lowest BCUT2D eigenvalue weighted by atomic mass is 10.2. The molecule has 0 spiro atoms. The van der Waals surface area contributed by atoms with Crippen molar-refractivity contribution < 1.29 is 9.59 Å². The number of amides is 2. The van der Waals surface area contributed by atoms with Crippen molar-refractivity contribution in [1.82, 2.24) is 14.7 Å². The molecule has 1 atom stereocenters. The summed E-state index contributed by atoms with van der Waals surface area (Å²) in [7, 11) is 0. The van der Waals surface area contributed by atoms with Crippen molar-refractivity contribution in [3.05, 3.63) is 42.7 Å². The number of carbonyl (C=O) groups is 2. The van der Waals surface area contributed by atoms with E-state index < -0.39 is 6.04 Å². The van der Waals surface area contributed by atoms with E-state index in [0.29, 0.717) is 18.7 Å². The summed E-state index contributed by atoms with van der Waals surface area (Å²) in [5, 5.41) is 7.06. The minimum absolute atomic E-state index is 0.0733. The zero-order valence-corrected chi connectivity index (χ0v) is 13.8. The third kappa shape index (κ3) is 3.64. The van der Waals surface area contributed by atoms with E-state index in [4.69, 9.17) is 0 Å². The van der Waals surface area contributed by atoms with Crippen LogP contribution in [0.2, 0.25) is 0 Å². The summed E-state index contributed by atoms with van der Waals surface area (Å²) < 4.78 is 1.75. The first-order valence-electron chi connectivity index (χ1n) is 8.35. The summed E-state index contributed by atoms with van der Waals surface area (Å²) in [4.78, 5) is 26.3. The number of nitrogens with zero attached hydrogens (tertiary/aromatic N) is 3. The van der Waals surface area contributed by atoms with E-state index in [1.165, 1.54) is 0 Å². The zero-order valence-electron chi connectivity index (χ0n) is 13.8. The second-order valence-electron chi connectivity index (χ2n) is 6.06. The molecule has 24 heavy (non-hydrogen) atoms. The quantitative estimate of drug-likeness (QED) is 0.939. The number of hydrogen-bond donors (Lipinski definition) is 1. The summed E-state index contributed by atoms with van der Waals surface area (Å²) in [6.45, 7) is 2.45. The SMILES string of the molecule is C[C@H](C(=O)Nc1ccc(-n2cccn2)cc1)N1CCCCCC1=O. The highest BCUT2D eigenvalue weighted by Crippen LogP contribution is 2.17. The molecule has 0 unspecified atom stereocenters. The number of rotatable bonds is 4. The summed E-state index contributed by atoms with van der Waals surface area (Å²) in [5.41, 5.74) is 1.64. The van der Waals surface area contributed by atoms with Gasteiger partial charge >= 0.3 is 0 Å². The van der Waals surface area contributed by atoms with Gasteiger partial charge in [0, 0.05) is 31.0 Å². The molecule has 1 aromatic carbocycles. The number of benzene rings is 1. The summed E-state index contributed by atoms with van der Waals surface area (Å²) >= 11 is 0. The Morgan fingerprint density at radius 1 is 1.21 bits per heavy atom. The van der Waals surface area contributed by atoms with Crippen LogP contribution >= 0.6 is 0 Å². The maximum Gasteiger partial charge on any atom is 0.246 e. The van der Waals surface area contributed by atoms with Crippen molar-refractivity contribution in [2.45, 2.75) is 38.6 Å². The lowest BCUT2D eigenvalue weighted by Gasteiger charge is -2.27. The molecule has 3 rings (SSSR count). The third-order valence-electron chi connectivity index (χ3n) is 4.36. The minimum atomic E-state index is -0.457. The van der Waals surface area contributed by atoms with Gasteiger partial charge in [0.15, 0.2) is 0 Å². The summed E-state index contributed by atoms with van der Waals surface area (Å²) in [5.74, 6) is -0.0822. The third-order valence-corrected chi connectivity index (χ3v) is 4.36. The molecule has 0 bridgehead atoms. The van der Waals surface area contributed by atoms with Crippen LogP contribution in [-0.4, -0.2) is 39.1 Å². The fraction of sp³-hybridized carbons (Fsp3) is 0.389. The molecule has 6 heteroatoms. The van der Waals surface area contributed by atoms with E-state index >= 15 is 0 Å². The van der Waals surface area contributed by atoms with E-state index in [9.17, 15) is 9.59 Å². The van der Waals surface area contributed by atoms with E-state index in [0.717, 1.165) is 24.9 Å². The lowest BCUT2D eigenvalue weighted by Crippen LogP contribution is -2.45. The normalized spacial score (nSPS) is 16.5. The van der Waals surface area contributed by atoms with Crippen LogP contribution in [0.3, 0.4) is 0 Å². The molecule has 1 fully saturated rings. The molecule has 2 heterocycles. The predicted octanol–water partition coefficient (Wildman–Crippen LogP) is 2.60. The highest BCUT2D eigenvalue weighted by molar-refractivity contribution is 5.97. The summed E-state index contributed by atoms with van der Waals surface area (Å²) in [6, 6.07) is 8.86. The van der Waals surface area contributed by atoms with Crippen LogP contribution in [0.4, 0.5) is 5.69 Å². The van der Waals surface area contributed by atoms with Crippen LogP contribution in [-0.2, 0) is 9.59 Å². The fourth-order valence-electron chi connectivity index (χ4n) is 2.92. The second-order valence-corrected chi connectivity index (χ2v) is 6.06. The van der Waals surface area contributed by atoms with Gasteiger partial charge < -0.3 is 10.2 Å². The van der Waals surface area contributed by atoms with Gasteiger partial charge in [0.05, 0.1) is 5.69 Å². The molecule has 2 amide bonds. The molecule has 126 valence electrons. The smallest absolute Gasteiger partial charge is 0.246 e. The Bertz CT molecular complexity index is 694. The van der Waals surface area contributed by atoms with E-state index in [1.807, 2.05) is 36.5 Å². The van der Waals surface area contributed by atoms with Crippen LogP contribution in [0, 0.1) is 0 Å². The van der Waals surface area contributed by atoms with Gasteiger partial charge in [0.25, 0.3) is 0 Å². The van der Waals surface area contributed by atoms with Crippen LogP contribution in [0.1, 0.15) is 32.6 Å². The topological polar surface area (TPSA) is 67.2 Å². The maximum atomic E-state index is 12.5. The first-order valence-corrected chi connectivity index (χ1v) is 8.35. The molecule has 0 saturated carbocycles. The largest absolute Gasteiger partial charge is 0.331 e. The number of likely N-dealkylation sites (tertiary alicyclic amines) is 1. The molecule has 1 aromatic heterocycles. The van der Waals surface area contributed by atoms with Gasteiger partial charge in [-0.05, 0) is 50.1 Å². The maximum absolute atomic E-state index is 12.5. The van der Waals surface area contributed by atoms with Crippen LogP contribution in [0.15, 0.2) is 42.7 Å². The van der Waals surface area contributed by atoms with Crippen molar-refractivity contribution in [2.75, 3.05) is 11.9 Å². The van der Waals surface area contributed by atoms with Crippen molar-refractivity contribution in [3.8, 4) is 5.69 Å². The monoisotopic (exact) mass is 326 g/mol. The van der Waals surface area contributed by atoms with Crippen LogP contribution in [0.25, 0.3) is 5.69 Å². The molecule has 2 aromatic rings. The Labute approximate surface area is 141 Å². The van der Waals surface area contributed by atoms with Crippen molar-refractivity contribution in [2.24, 2.45) is 0 Å². The molecular weight excluding hydrogens is 304 g/mol. The molecule has 0 aliphatic carbocycles. The molecule has 1 saturated heterocycles. The second kappa shape index (κ2) is 7.29. The van der Waals surface area contributed by atoms with E-state index in [2.05, 4.69) is 10.4 Å². The minimum Gasteiger partial charge on any atom is -0.331 e. The zero-order chi connectivity index (χ0) is 16.9. The van der Waals surface area contributed by atoms with Gasteiger partial charge in [-0.1, -0.05) is 6.42 Å². The van der Waals surface area contributed by atoms with Gasteiger partial charge in [-0.3, -0.25) is 9.59 Å². The van der Waals surface area contributed by atoms with E-state index in [1.54, 1.807) is 22.7 Å². The predicted molar refractivity (Wildman–Crippen MR) is 91.8 cm³/mol. The average molecular weight is 326 g/mol. The standard InChI is InChI=1S/C18H22N4O2/c1-14(21-12-4-2-3-6-17(21)23)18(24)20-15-7-9-16(10-8-15)22-13-5-11-19-22/h5,7-11,13-14H,2-4,6,12H2,1H3,(H,20,24)/t14-/m1/s1. The van der Waals surface area contributed by atoms with E-state index in [-0.39, 0.29) is 11.8 Å². The Kier molecular flexibility index (Phi) is 4.93. The number of carbonyl (C=O) groups excluding carboxylic acids is 2. The number of anilines is 1. The highest BCUT2D eigenvalue weighted by atomic mass is 16.2. The highest BCUT2D eigenvalue weighted by Gasteiger charge is 2.26. The van der Waals surface area contributed by atoms with Gasteiger partial charge in [0.2, 0.25) is 11.8 Å². The molecule has 1 N–H and O–H groups in total. The number of hydrogen-bond acceptors (Lipinski definition) is 3. The van der Waals surface area contributed by atoms with Gasteiger partial charge in [0.1, 0.15) is 6.04 Å². The Morgan fingerprint density at radius 2 is 2.00 bits per heavy atom. The fourth-order valence-corrected chi connectivity index (χ4v) is 2.92. The van der Waals surface area contributed by atoms with Gasteiger partial charge in [-0.15, -0.1) is 0 Å². The molecule has 1 aliphatic heterocycles. The van der Waals surface area contributed by atoms with Crippen LogP contribution in [0.5, 0.6) is 0 Å². The molecule has 6 nitrogen and oxygen atoms in total.